The Bertz CT molecular complexity index is 1110. The van der Waals surface area contributed by atoms with Gasteiger partial charge < -0.3 is 19.9 Å². The summed E-state index contributed by atoms with van der Waals surface area (Å²) in [5, 5.41) is 12.6. The summed E-state index contributed by atoms with van der Waals surface area (Å²) in [4.78, 5) is 28.8. The van der Waals surface area contributed by atoms with Crippen LogP contribution in [0.2, 0.25) is 0 Å². The quantitative estimate of drug-likeness (QED) is 0.541. The zero-order chi connectivity index (χ0) is 23.3. The number of methoxy groups -OCH3 is 1. The van der Waals surface area contributed by atoms with Crippen LogP contribution in [0.15, 0.2) is 60.8 Å². The Hall–Kier alpha value is -3.87. The Labute approximate surface area is 187 Å². The molecule has 0 bridgehead atoms. The first-order chi connectivity index (χ1) is 15.3. The number of aromatic hydroxyl groups is 1. The summed E-state index contributed by atoms with van der Waals surface area (Å²) in [5.41, 5.74) is 4.01. The van der Waals surface area contributed by atoms with E-state index in [1.165, 1.54) is 31.9 Å². The lowest BCUT2D eigenvalue weighted by Crippen LogP contribution is -2.40. The van der Waals surface area contributed by atoms with Crippen LogP contribution in [0.4, 0.5) is 0 Å². The van der Waals surface area contributed by atoms with Gasteiger partial charge in [0.1, 0.15) is 12.1 Å². The van der Waals surface area contributed by atoms with Crippen LogP contribution in [-0.2, 0) is 9.53 Å². The topological polar surface area (TPSA) is 97.8 Å². The fourth-order valence-corrected chi connectivity index (χ4v) is 3.27. The minimum atomic E-state index is -0.941. The van der Waals surface area contributed by atoms with E-state index in [1.54, 1.807) is 6.92 Å². The van der Waals surface area contributed by atoms with Gasteiger partial charge in [0.15, 0.2) is 17.2 Å². The monoisotopic (exact) mass is 434 g/mol. The smallest absolute Gasteiger partial charge is 0.328 e. The predicted octanol–water partition coefficient (Wildman–Crippen LogP) is 4.19. The van der Waals surface area contributed by atoms with E-state index in [0.717, 1.165) is 16.7 Å². The molecule has 2 atom stereocenters. The van der Waals surface area contributed by atoms with Gasteiger partial charge in [0, 0.05) is 12.3 Å². The van der Waals surface area contributed by atoms with Crippen LogP contribution >= 0.6 is 0 Å². The van der Waals surface area contributed by atoms with E-state index in [-0.39, 0.29) is 11.4 Å². The van der Waals surface area contributed by atoms with E-state index in [0.29, 0.717) is 0 Å². The van der Waals surface area contributed by atoms with E-state index < -0.39 is 29.8 Å². The second-order valence-electron chi connectivity index (χ2n) is 7.42. The molecule has 1 heterocycles. The van der Waals surface area contributed by atoms with Crippen LogP contribution in [0.3, 0.4) is 0 Å². The zero-order valence-corrected chi connectivity index (χ0v) is 18.5. The highest BCUT2D eigenvalue weighted by molar-refractivity contribution is 5.97. The zero-order valence-electron chi connectivity index (χ0n) is 18.5. The Morgan fingerprint density at radius 1 is 1.03 bits per heavy atom. The highest BCUT2D eigenvalue weighted by Gasteiger charge is 2.24. The second-order valence-corrected chi connectivity index (χ2v) is 7.42. The van der Waals surface area contributed by atoms with Crippen LogP contribution in [0.25, 0.3) is 11.1 Å². The van der Waals surface area contributed by atoms with Crippen LogP contribution < -0.4 is 10.1 Å². The number of carbonyl (C=O) groups is 2. The molecule has 1 aromatic heterocycles. The Morgan fingerprint density at radius 3 is 2.38 bits per heavy atom. The molecule has 0 saturated carbocycles. The molecular weight excluding hydrogens is 408 g/mol. The van der Waals surface area contributed by atoms with Gasteiger partial charge in [-0.2, -0.15) is 0 Å². The van der Waals surface area contributed by atoms with Crippen LogP contribution in [-0.4, -0.2) is 35.1 Å². The molecule has 7 heteroatoms. The minimum absolute atomic E-state index is 0.114. The van der Waals surface area contributed by atoms with Crippen molar-refractivity contribution in [3.63, 3.8) is 0 Å². The molecule has 3 rings (SSSR count). The van der Waals surface area contributed by atoms with Crippen LogP contribution in [0.1, 0.15) is 41.6 Å². The van der Waals surface area contributed by atoms with Gasteiger partial charge in [-0.05, 0) is 43.0 Å². The number of aromatic nitrogens is 1. The van der Waals surface area contributed by atoms with Crippen molar-refractivity contribution in [3.8, 4) is 22.6 Å². The van der Waals surface area contributed by atoms with Gasteiger partial charge in [0.2, 0.25) is 0 Å². The van der Waals surface area contributed by atoms with Gasteiger partial charge in [-0.3, -0.25) is 4.79 Å². The molecule has 0 unspecified atom stereocenters. The third-order valence-electron chi connectivity index (χ3n) is 5.15. The standard InChI is InChI=1S/C25H26N2O5/c1-15-7-5-6-8-20(15)19-11-9-18(10-12-19)17(3)32-25(30)16(2)27-24(29)22-23(28)21(31-4)13-14-26-22/h5-14,16-17,28H,1-4H3,(H,27,29)/t16-,17-/m0/s1. The SMILES string of the molecule is COc1ccnc(C(=O)N[C@@H](C)C(=O)O[C@@H](C)c2ccc(-c3ccccc3C)cc2)c1O. The number of benzene rings is 2. The number of rotatable bonds is 7. The Kier molecular flexibility index (Phi) is 7.10. The number of aryl methyl sites for hydroxylation is 1. The summed E-state index contributed by atoms with van der Waals surface area (Å²) >= 11 is 0. The molecule has 2 aromatic carbocycles. The molecule has 0 aliphatic rings. The summed E-state index contributed by atoms with van der Waals surface area (Å²) in [6.45, 7) is 5.33. The minimum Gasteiger partial charge on any atom is -0.503 e. The van der Waals surface area contributed by atoms with Crippen LogP contribution in [0.5, 0.6) is 11.5 Å². The van der Waals surface area contributed by atoms with Crippen molar-refractivity contribution in [1.29, 1.82) is 0 Å². The first-order valence-corrected chi connectivity index (χ1v) is 10.2. The van der Waals surface area contributed by atoms with Gasteiger partial charge in [0.05, 0.1) is 7.11 Å². The molecule has 3 aromatic rings. The highest BCUT2D eigenvalue weighted by Crippen LogP contribution is 2.28. The molecule has 0 fully saturated rings. The summed E-state index contributed by atoms with van der Waals surface area (Å²) < 4.78 is 10.5. The van der Waals surface area contributed by atoms with E-state index in [9.17, 15) is 14.7 Å². The predicted molar refractivity (Wildman–Crippen MR) is 121 cm³/mol. The molecule has 0 radical (unpaired) electrons. The molecular formula is C25H26N2O5. The summed E-state index contributed by atoms with van der Waals surface area (Å²) in [7, 11) is 1.37. The number of amides is 1. The van der Waals surface area contributed by atoms with E-state index in [1.807, 2.05) is 36.4 Å². The number of hydrogen-bond donors (Lipinski definition) is 2. The average Bonchev–Trinajstić information content (AvgIpc) is 2.79. The van der Waals surface area contributed by atoms with Crippen molar-refractivity contribution in [2.24, 2.45) is 0 Å². The maximum atomic E-state index is 12.5. The molecule has 0 aliphatic carbocycles. The number of esters is 1. The van der Waals surface area contributed by atoms with E-state index >= 15 is 0 Å². The summed E-state index contributed by atoms with van der Waals surface area (Å²) in [5.74, 6) is -1.59. The first-order valence-electron chi connectivity index (χ1n) is 10.2. The average molecular weight is 434 g/mol. The fraction of sp³-hybridized carbons (Fsp3) is 0.240. The normalized spacial score (nSPS) is 12.5. The third kappa shape index (κ3) is 5.06. The van der Waals surface area contributed by atoms with Gasteiger partial charge in [-0.15, -0.1) is 0 Å². The lowest BCUT2D eigenvalue weighted by molar-refractivity contribution is -0.150. The maximum absolute atomic E-state index is 12.5. The van der Waals surface area contributed by atoms with Crippen molar-refractivity contribution >= 4 is 11.9 Å². The number of carbonyl (C=O) groups excluding carboxylic acids is 2. The lowest BCUT2D eigenvalue weighted by atomic mass is 9.99. The molecule has 166 valence electrons. The number of ether oxygens (including phenoxy) is 2. The molecule has 0 aliphatic heterocycles. The van der Waals surface area contributed by atoms with Crippen molar-refractivity contribution < 1.29 is 24.2 Å². The number of nitrogens with zero attached hydrogens (tertiary/aromatic N) is 1. The molecule has 0 saturated heterocycles. The largest absolute Gasteiger partial charge is 0.503 e. The number of hydrogen-bond acceptors (Lipinski definition) is 6. The van der Waals surface area contributed by atoms with Gasteiger partial charge in [0.25, 0.3) is 5.91 Å². The Balaban J connectivity index is 1.62. The van der Waals surface area contributed by atoms with Gasteiger partial charge in [-0.25, -0.2) is 9.78 Å². The summed E-state index contributed by atoms with van der Waals surface area (Å²) in [6.07, 6.45) is 0.829. The van der Waals surface area contributed by atoms with Gasteiger partial charge >= 0.3 is 5.97 Å². The molecule has 32 heavy (non-hydrogen) atoms. The fourth-order valence-electron chi connectivity index (χ4n) is 3.27. The van der Waals surface area contributed by atoms with E-state index in [4.69, 9.17) is 9.47 Å². The van der Waals surface area contributed by atoms with Gasteiger partial charge in [-0.1, -0.05) is 48.5 Å². The number of nitrogens with one attached hydrogen (secondary N) is 1. The molecule has 1 amide bonds. The third-order valence-corrected chi connectivity index (χ3v) is 5.15. The van der Waals surface area contributed by atoms with Crippen LogP contribution in [0, 0.1) is 6.92 Å². The Morgan fingerprint density at radius 2 is 1.72 bits per heavy atom. The lowest BCUT2D eigenvalue weighted by Gasteiger charge is -2.18. The van der Waals surface area contributed by atoms with Crippen molar-refractivity contribution in [2.45, 2.75) is 32.9 Å². The van der Waals surface area contributed by atoms with Crippen molar-refractivity contribution in [2.75, 3.05) is 7.11 Å². The maximum Gasteiger partial charge on any atom is 0.328 e. The molecule has 7 nitrogen and oxygen atoms in total. The number of pyridine rings is 1. The molecule has 2 N–H and O–H groups in total. The van der Waals surface area contributed by atoms with Crippen molar-refractivity contribution in [3.05, 3.63) is 77.6 Å². The van der Waals surface area contributed by atoms with E-state index in [2.05, 4.69) is 29.4 Å². The van der Waals surface area contributed by atoms with Crippen molar-refractivity contribution in [1.82, 2.24) is 10.3 Å². The molecule has 0 spiro atoms. The first kappa shape index (κ1) is 22.8. The highest BCUT2D eigenvalue weighted by atomic mass is 16.5. The second kappa shape index (κ2) is 9.96. The summed E-state index contributed by atoms with van der Waals surface area (Å²) in [6, 6.07) is 16.4.